The minimum Gasteiger partial charge on any atom is -0.387 e. The highest BCUT2D eigenvalue weighted by Gasteiger charge is 2.44. The topological polar surface area (TPSA) is 109 Å². The second-order valence-electron chi connectivity index (χ2n) is 8.15. The largest absolute Gasteiger partial charge is 0.387 e. The molecular formula is C21H24Cl2N6O3. The van der Waals surface area contributed by atoms with Gasteiger partial charge in [0, 0.05) is 13.1 Å². The van der Waals surface area contributed by atoms with Crippen molar-refractivity contribution in [3.05, 3.63) is 47.5 Å². The lowest BCUT2D eigenvalue weighted by atomic mass is 9.90. The van der Waals surface area contributed by atoms with E-state index < -0.39 is 24.5 Å². The molecule has 0 amide bonds. The molecule has 2 saturated heterocycles. The van der Waals surface area contributed by atoms with Gasteiger partial charge in [0.05, 0.1) is 12.2 Å². The number of anilines is 1. The molecule has 2 fully saturated rings. The van der Waals surface area contributed by atoms with E-state index in [0.717, 1.165) is 25.9 Å². The first kappa shape index (κ1) is 21.8. The molecule has 0 radical (unpaired) electrons. The Morgan fingerprint density at radius 1 is 1.09 bits per heavy atom. The zero-order chi connectivity index (χ0) is 22.2. The van der Waals surface area contributed by atoms with E-state index in [1.54, 1.807) is 4.57 Å². The summed E-state index contributed by atoms with van der Waals surface area (Å²) in [6.45, 7) is 1.69. The first-order chi connectivity index (χ1) is 15.5. The minimum atomic E-state index is -1.17. The molecule has 0 saturated carbocycles. The van der Waals surface area contributed by atoms with Crippen molar-refractivity contribution >= 4 is 40.2 Å². The number of halogens is 2. The maximum absolute atomic E-state index is 10.4. The van der Waals surface area contributed by atoms with Gasteiger partial charge in [0.15, 0.2) is 23.2 Å². The summed E-state index contributed by atoms with van der Waals surface area (Å²) in [6, 6.07) is 10.6. The number of nitrogens with zero attached hydrogens (tertiary/aromatic N) is 5. The summed E-state index contributed by atoms with van der Waals surface area (Å²) in [5.41, 5.74) is 5.60. The summed E-state index contributed by atoms with van der Waals surface area (Å²) in [5, 5.41) is 22.7. The van der Waals surface area contributed by atoms with E-state index in [9.17, 15) is 10.2 Å². The maximum atomic E-state index is 10.4. The third-order valence-corrected chi connectivity index (χ3v) is 6.66. The van der Waals surface area contributed by atoms with Crippen molar-refractivity contribution in [2.75, 3.05) is 24.4 Å². The van der Waals surface area contributed by atoms with Gasteiger partial charge in [-0.05, 0) is 35.9 Å². The molecule has 4 heterocycles. The predicted molar refractivity (Wildman–Crippen MR) is 121 cm³/mol. The molecule has 4 atom stereocenters. The van der Waals surface area contributed by atoms with Gasteiger partial charge in [0.1, 0.15) is 18.3 Å². The Morgan fingerprint density at radius 2 is 1.84 bits per heavy atom. The van der Waals surface area contributed by atoms with E-state index >= 15 is 0 Å². The molecule has 3 N–H and O–H groups in total. The average molecular weight is 479 g/mol. The number of fused-ring (bicyclic) bond motifs is 1. The molecule has 2 aliphatic heterocycles. The molecule has 32 heavy (non-hydrogen) atoms. The van der Waals surface area contributed by atoms with E-state index in [0.29, 0.717) is 22.9 Å². The lowest BCUT2D eigenvalue weighted by Crippen LogP contribution is -2.37. The van der Waals surface area contributed by atoms with Crippen LogP contribution in [-0.4, -0.2) is 72.0 Å². The van der Waals surface area contributed by atoms with Gasteiger partial charge in [0.25, 0.3) is 0 Å². The smallest absolute Gasteiger partial charge is 0.226 e. The van der Waals surface area contributed by atoms with Gasteiger partial charge in [-0.3, -0.25) is 4.57 Å². The fraction of sp³-hybridized carbons (Fsp3) is 0.476. The number of nitrogens with one attached hydrogen (secondary N) is 1. The summed E-state index contributed by atoms with van der Waals surface area (Å²) >= 11 is 12.0. The van der Waals surface area contributed by atoms with Crippen molar-refractivity contribution in [2.45, 2.75) is 43.3 Å². The molecular weight excluding hydrogens is 455 g/mol. The van der Waals surface area contributed by atoms with Crippen LogP contribution in [-0.2, 0) is 4.74 Å². The normalized spacial score (nSPS) is 27.2. The van der Waals surface area contributed by atoms with Crippen molar-refractivity contribution in [3.63, 3.8) is 0 Å². The van der Waals surface area contributed by atoms with Crippen molar-refractivity contribution in [1.29, 1.82) is 0 Å². The molecule has 2 aromatic heterocycles. The van der Waals surface area contributed by atoms with E-state index in [1.807, 2.05) is 6.07 Å². The molecule has 11 heteroatoms. The Balaban J connectivity index is 1.35. The Bertz CT molecular complexity index is 1080. The van der Waals surface area contributed by atoms with Gasteiger partial charge >= 0.3 is 0 Å². The first-order valence-electron chi connectivity index (χ1n) is 10.6. The number of hydrazine groups is 1. The van der Waals surface area contributed by atoms with Crippen molar-refractivity contribution in [3.8, 4) is 0 Å². The predicted octanol–water partition coefficient (Wildman–Crippen LogP) is 2.54. The van der Waals surface area contributed by atoms with Crippen LogP contribution in [0.15, 0.2) is 36.7 Å². The fourth-order valence-electron chi connectivity index (χ4n) is 4.44. The standard InChI is InChI=1S/C21H24Cl2N6O3/c22-10-14-16(30)17(31)20(32-14)29-11-24-15-18(25-21(23)26-19(15)29)27-28-8-6-13(7-9-28)12-4-2-1-3-5-12/h1-5,11,13-14,16-17,20,30-31H,6-10H2,(H,25,26,27)/t14-,16?,17?,20-/m1/s1. The number of piperidine rings is 1. The summed E-state index contributed by atoms with van der Waals surface area (Å²) in [7, 11) is 0. The maximum Gasteiger partial charge on any atom is 0.226 e. The number of aliphatic hydroxyl groups is 2. The third-order valence-electron chi connectivity index (χ3n) is 6.19. The van der Waals surface area contributed by atoms with Crippen molar-refractivity contribution in [1.82, 2.24) is 24.5 Å². The van der Waals surface area contributed by atoms with Crippen LogP contribution in [0.3, 0.4) is 0 Å². The second kappa shape index (κ2) is 9.09. The highest BCUT2D eigenvalue weighted by molar-refractivity contribution is 6.28. The van der Waals surface area contributed by atoms with Crippen LogP contribution in [0.4, 0.5) is 5.82 Å². The highest BCUT2D eigenvalue weighted by Crippen LogP contribution is 2.34. The molecule has 1 aromatic carbocycles. The Labute approximate surface area is 194 Å². The number of alkyl halides is 1. The first-order valence-corrected chi connectivity index (χ1v) is 11.5. The van der Waals surface area contributed by atoms with Crippen LogP contribution in [0.2, 0.25) is 5.28 Å². The van der Waals surface area contributed by atoms with Gasteiger partial charge in [-0.1, -0.05) is 30.3 Å². The van der Waals surface area contributed by atoms with Gasteiger partial charge in [-0.2, -0.15) is 9.97 Å². The second-order valence-corrected chi connectivity index (χ2v) is 8.80. The van der Waals surface area contributed by atoms with E-state index in [4.69, 9.17) is 27.9 Å². The number of aromatic nitrogens is 4. The Kier molecular flexibility index (Phi) is 6.20. The number of hydrogen-bond donors (Lipinski definition) is 3. The number of hydrogen-bond acceptors (Lipinski definition) is 8. The van der Waals surface area contributed by atoms with Gasteiger partial charge in [-0.15, -0.1) is 11.6 Å². The number of benzene rings is 1. The van der Waals surface area contributed by atoms with Crippen LogP contribution in [0.5, 0.6) is 0 Å². The van der Waals surface area contributed by atoms with Crippen LogP contribution < -0.4 is 5.43 Å². The summed E-state index contributed by atoms with van der Waals surface area (Å²) in [4.78, 5) is 13.0. The van der Waals surface area contributed by atoms with Gasteiger partial charge in [0.2, 0.25) is 5.28 Å². The molecule has 2 unspecified atom stereocenters. The number of ether oxygens (including phenoxy) is 1. The zero-order valence-corrected chi connectivity index (χ0v) is 18.7. The lowest BCUT2D eigenvalue weighted by molar-refractivity contribution is -0.0291. The molecule has 170 valence electrons. The van der Waals surface area contributed by atoms with Crippen LogP contribution >= 0.6 is 23.2 Å². The highest BCUT2D eigenvalue weighted by atomic mass is 35.5. The zero-order valence-electron chi connectivity index (χ0n) is 17.2. The van der Waals surface area contributed by atoms with Crippen molar-refractivity contribution < 1.29 is 14.9 Å². The SMILES string of the molecule is OC1C(O)[C@@H](CCl)O[C@H]1n1cnc2c(NN3CCC(c4ccccc4)CC3)nc(Cl)nc21. The lowest BCUT2D eigenvalue weighted by Gasteiger charge is -2.32. The van der Waals surface area contributed by atoms with E-state index in [1.165, 1.54) is 11.9 Å². The molecule has 3 aromatic rings. The molecule has 9 nitrogen and oxygen atoms in total. The molecule has 5 rings (SSSR count). The Hall–Kier alpha value is -2.01. The van der Waals surface area contributed by atoms with Gasteiger partial charge in [-0.25, -0.2) is 9.99 Å². The van der Waals surface area contributed by atoms with Gasteiger partial charge < -0.3 is 20.4 Å². The summed E-state index contributed by atoms with van der Waals surface area (Å²) in [6.07, 6.45) is -0.289. The number of aliphatic hydroxyl groups excluding tert-OH is 2. The quantitative estimate of drug-likeness (QED) is 0.379. The van der Waals surface area contributed by atoms with Crippen LogP contribution in [0, 0.1) is 0 Å². The molecule has 2 aliphatic rings. The monoisotopic (exact) mass is 478 g/mol. The van der Waals surface area contributed by atoms with Crippen molar-refractivity contribution in [2.24, 2.45) is 0 Å². The van der Waals surface area contributed by atoms with E-state index in [2.05, 4.69) is 49.7 Å². The fourth-order valence-corrected chi connectivity index (χ4v) is 4.86. The number of rotatable bonds is 5. The summed E-state index contributed by atoms with van der Waals surface area (Å²) in [5.74, 6) is 1.08. The Morgan fingerprint density at radius 3 is 2.53 bits per heavy atom. The average Bonchev–Trinajstić information content (AvgIpc) is 3.35. The minimum absolute atomic E-state index is 0.0443. The van der Waals surface area contributed by atoms with E-state index in [-0.39, 0.29) is 11.2 Å². The van der Waals surface area contributed by atoms with Crippen LogP contribution in [0.25, 0.3) is 11.2 Å². The third kappa shape index (κ3) is 4.05. The summed E-state index contributed by atoms with van der Waals surface area (Å²) < 4.78 is 7.28. The van der Waals surface area contributed by atoms with Crippen LogP contribution in [0.1, 0.15) is 30.6 Å². The number of imidazole rings is 1. The molecule has 0 spiro atoms. The molecule has 0 aliphatic carbocycles. The molecule has 0 bridgehead atoms.